The van der Waals surface area contributed by atoms with Crippen LogP contribution in [0.15, 0.2) is 29.6 Å². The number of benzene rings is 1. The highest BCUT2D eigenvalue weighted by molar-refractivity contribution is 6.00. The number of aromatic nitrogens is 2. The highest BCUT2D eigenvalue weighted by Gasteiger charge is 2.57. The van der Waals surface area contributed by atoms with E-state index in [-0.39, 0.29) is 48.4 Å². The fourth-order valence-corrected chi connectivity index (χ4v) is 9.18. The zero-order chi connectivity index (χ0) is 34.9. The predicted molar refractivity (Wildman–Crippen MR) is 169 cm³/mol. The van der Waals surface area contributed by atoms with Crippen molar-refractivity contribution in [3.63, 3.8) is 0 Å². The van der Waals surface area contributed by atoms with Crippen molar-refractivity contribution in [1.29, 1.82) is 0 Å². The molecule has 4 saturated carbocycles. The molecule has 1 aromatic carbocycles. The van der Waals surface area contributed by atoms with Crippen LogP contribution in [0.5, 0.6) is 0 Å². The maximum atomic E-state index is 14.6. The molecule has 49 heavy (non-hydrogen) atoms. The largest absolute Gasteiger partial charge is 0.479 e. The molecular formula is C35H40F5N5O4. The van der Waals surface area contributed by atoms with Gasteiger partial charge in [0.05, 0.1) is 24.1 Å². The molecule has 1 spiro atoms. The van der Waals surface area contributed by atoms with Gasteiger partial charge in [0.2, 0.25) is 5.95 Å². The summed E-state index contributed by atoms with van der Waals surface area (Å²) in [5, 5.41) is 16.9. The van der Waals surface area contributed by atoms with Crippen LogP contribution in [0.4, 0.5) is 33.6 Å². The van der Waals surface area contributed by atoms with E-state index in [1.165, 1.54) is 0 Å². The van der Waals surface area contributed by atoms with Crippen molar-refractivity contribution in [2.75, 3.05) is 11.4 Å². The number of nitrogens with one attached hydrogen (secondary N) is 1. The van der Waals surface area contributed by atoms with Crippen LogP contribution in [0.25, 0.3) is 0 Å². The number of oxime groups is 1. The van der Waals surface area contributed by atoms with Gasteiger partial charge in [-0.2, -0.15) is 13.2 Å². The number of hydrogen-bond acceptors (Lipinski definition) is 7. The zero-order valence-corrected chi connectivity index (χ0v) is 27.5. The molecule has 2 heterocycles. The van der Waals surface area contributed by atoms with Crippen LogP contribution in [0.3, 0.4) is 0 Å². The van der Waals surface area contributed by atoms with Crippen molar-refractivity contribution in [3.8, 4) is 0 Å². The molecule has 4 fully saturated rings. The second-order valence-corrected chi connectivity index (χ2v) is 15.1. The van der Waals surface area contributed by atoms with Gasteiger partial charge >= 0.3 is 12.1 Å². The van der Waals surface area contributed by atoms with E-state index in [2.05, 4.69) is 20.4 Å². The fraction of sp³-hybridized carbons (Fsp3) is 0.629. The number of halogens is 5. The van der Waals surface area contributed by atoms with E-state index in [0.29, 0.717) is 36.3 Å². The lowest BCUT2D eigenvalue weighted by molar-refractivity contribution is -0.165. The average Bonchev–Trinajstić information content (AvgIpc) is 3.48. The van der Waals surface area contributed by atoms with E-state index in [0.717, 1.165) is 50.3 Å². The Kier molecular flexibility index (Phi) is 8.17. The highest BCUT2D eigenvalue weighted by atomic mass is 19.4. The average molecular weight is 690 g/mol. The van der Waals surface area contributed by atoms with Crippen LogP contribution in [0.1, 0.15) is 112 Å². The van der Waals surface area contributed by atoms with E-state index >= 15 is 0 Å². The number of aliphatic carboxylic acids is 1. The molecule has 2 bridgehead atoms. The van der Waals surface area contributed by atoms with Crippen LogP contribution in [0.2, 0.25) is 0 Å². The Morgan fingerprint density at radius 3 is 2.49 bits per heavy atom. The summed E-state index contributed by atoms with van der Waals surface area (Å²) in [5.74, 6) is -5.38. The lowest BCUT2D eigenvalue weighted by atomic mass is 9.70. The van der Waals surface area contributed by atoms with Gasteiger partial charge in [0.15, 0.2) is 5.69 Å². The van der Waals surface area contributed by atoms with Gasteiger partial charge in [0.1, 0.15) is 11.6 Å². The molecule has 264 valence electrons. The Bertz CT molecular complexity index is 1680. The quantitative estimate of drug-likeness (QED) is 0.177. The Labute approximate surface area is 280 Å². The molecule has 2 aromatic rings. The summed E-state index contributed by atoms with van der Waals surface area (Å²) in [7, 11) is 0. The number of hydrogen-bond donors (Lipinski definition) is 2. The summed E-state index contributed by atoms with van der Waals surface area (Å²) in [6.07, 6.45) is 1.09. The maximum Gasteiger partial charge on any atom is 0.434 e. The first-order valence-electron chi connectivity index (χ1n) is 17.1. The number of carboxylic acid groups (broad SMARTS) is 1. The Balaban J connectivity index is 1.20. The summed E-state index contributed by atoms with van der Waals surface area (Å²) < 4.78 is 70.4. The topological polar surface area (TPSA) is 117 Å². The van der Waals surface area contributed by atoms with E-state index in [4.69, 9.17) is 4.84 Å². The second-order valence-electron chi connectivity index (χ2n) is 15.1. The summed E-state index contributed by atoms with van der Waals surface area (Å²) in [5.41, 5.74) is -1.52. The van der Waals surface area contributed by atoms with E-state index < -0.39 is 46.9 Å². The van der Waals surface area contributed by atoms with Crippen molar-refractivity contribution >= 4 is 29.2 Å². The molecule has 5 aliphatic rings. The first-order chi connectivity index (χ1) is 23.1. The lowest BCUT2D eigenvalue weighted by Crippen LogP contribution is -2.57. The molecule has 14 heteroatoms. The molecule has 1 aromatic heterocycles. The van der Waals surface area contributed by atoms with Gasteiger partial charge in [-0.1, -0.05) is 37.4 Å². The molecule has 4 unspecified atom stereocenters. The number of nitrogens with zero attached hydrogens (tertiary/aromatic N) is 4. The molecule has 1 amide bonds. The molecule has 2 N–H and O–H groups in total. The zero-order valence-electron chi connectivity index (χ0n) is 27.5. The van der Waals surface area contributed by atoms with E-state index in [1.807, 2.05) is 13.0 Å². The number of rotatable bonds is 7. The molecule has 1 aliphatic heterocycles. The number of fused-ring (bicyclic) bond motifs is 4. The number of carbonyl (C=O) groups is 2. The number of carbonyl (C=O) groups excluding carboxylic acids is 1. The van der Waals surface area contributed by atoms with Crippen molar-refractivity contribution in [1.82, 2.24) is 15.3 Å². The number of alkyl halides is 5. The Morgan fingerprint density at radius 2 is 1.82 bits per heavy atom. The Morgan fingerprint density at radius 1 is 1.08 bits per heavy atom. The van der Waals surface area contributed by atoms with Crippen molar-refractivity contribution in [2.45, 2.75) is 114 Å². The maximum absolute atomic E-state index is 14.6. The number of carboxylic acids is 1. The molecule has 4 aliphatic carbocycles. The van der Waals surface area contributed by atoms with Crippen molar-refractivity contribution in [2.24, 2.45) is 22.9 Å². The minimum absolute atomic E-state index is 0.0760. The van der Waals surface area contributed by atoms with Crippen molar-refractivity contribution in [3.05, 3.63) is 46.8 Å². The first-order valence-corrected chi connectivity index (χ1v) is 17.1. The van der Waals surface area contributed by atoms with Gasteiger partial charge in [-0.25, -0.2) is 23.5 Å². The third-order valence-corrected chi connectivity index (χ3v) is 11.5. The smallest absolute Gasteiger partial charge is 0.434 e. The predicted octanol–water partition coefficient (Wildman–Crippen LogP) is 7.40. The normalized spacial score (nSPS) is 29.0. The van der Waals surface area contributed by atoms with Crippen LogP contribution in [-0.4, -0.2) is 56.8 Å². The second kappa shape index (κ2) is 11.9. The molecule has 9 nitrogen and oxygen atoms in total. The number of anilines is 2. The summed E-state index contributed by atoms with van der Waals surface area (Å²) in [6.45, 7) is 4.07. The monoisotopic (exact) mass is 689 g/mol. The van der Waals surface area contributed by atoms with E-state index in [9.17, 15) is 36.6 Å². The summed E-state index contributed by atoms with van der Waals surface area (Å²) in [6, 6.07) is 5.47. The van der Waals surface area contributed by atoms with Crippen LogP contribution in [0, 0.1) is 17.8 Å². The summed E-state index contributed by atoms with van der Waals surface area (Å²) in [4.78, 5) is 41.4. The van der Waals surface area contributed by atoms with Crippen LogP contribution >= 0.6 is 0 Å². The minimum atomic E-state index is -5.02. The molecule has 7 rings (SSSR count). The molecular weight excluding hydrogens is 649 g/mol. The third kappa shape index (κ3) is 6.02. The standard InChI is InChI=1S/C35H40F5N5O4/c1-19-10-21-12-23(11-19)34(14-21,30(47)48)43-29(46)25-17-41-31(42-28(25)35(38,39)40)45-18-32(8-4-3-5-9-32)26-13-22(6-7-27(26)45)20(2)44-49-24-15-33(36,37)16-24/h6-7,13,17,19,21,23-24H,3-5,8-12,14-16,18H2,1-2H3,(H,43,46)(H,47,48)/b44-20+. The highest BCUT2D eigenvalue weighted by Crippen LogP contribution is 2.53. The van der Waals surface area contributed by atoms with Gasteiger partial charge in [-0.3, -0.25) is 4.79 Å². The number of amides is 1. The van der Waals surface area contributed by atoms with Gasteiger partial charge in [0.25, 0.3) is 11.8 Å². The molecule has 0 saturated heterocycles. The summed E-state index contributed by atoms with van der Waals surface area (Å²) >= 11 is 0. The fourth-order valence-electron chi connectivity index (χ4n) is 9.18. The molecule has 0 radical (unpaired) electrons. The minimum Gasteiger partial charge on any atom is -0.479 e. The van der Waals surface area contributed by atoms with Crippen LogP contribution in [-0.2, 0) is 21.2 Å². The first kappa shape index (κ1) is 33.6. The Hall–Kier alpha value is -3.84. The van der Waals surface area contributed by atoms with Gasteiger partial charge in [-0.05, 0) is 86.5 Å². The molecule has 4 atom stereocenters. The van der Waals surface area contributed by atoms with Gasteiger partial charge < -0.3 is 20.2 Å². The SMILES string of the molecule is C/C(=N\OC1CC(F)(F)C1)c1ccc2c(c1)C1(CCCCC1)CN2c1ncc(C(=O)NC2(C(=O)O)CC3CC(C)CC2C3)c(C(F)(F)F)n1. The van der Waals surface area contributed by atoms with Gasteiger partial charge in [-0.15, -0.1) is 0 Å². The van der Waals surface area contributed by atoms with Gasteiger partial charge in [0, 0.05) is 23.8 Å². The van der Waals surface area contributed by atoms with Crippen molar-refractivity contribution < 1.29 is 41.5 Å². The van der Waals surface area contributed by atoms with Crippen LogP contribution < -0.4 is 10.2 Å². The van der Waals surface area contributed by atoms with E-state index in [1.54, 1.807) is 24.0 Å². The lowest BCUT2D eigenvalue weighted by Gasteiger charge is -2.34. The third-order valence-electron chi connectivity index (χ3n) is 11.5.